The minimum atomic E-state index is -0.760. The third-order valence-electron chi connectivity index (χ3n) is 5.53. The topological polar surface area (TPSA) is 0 Å². The molecule has 1 aliphatic carbocycles. The summed E-state index contributed by atoms with van der Waals surface area (Å²) in [5, 5.41) is 0. The van der Waals surface area contributed by atoms with Crippen LogP contribution in [0.4, 0.5) is 8.78 Å². The fourth-order valence-corrected chi connectivity index (χ4v) is 4.86. The van der Waals surface area contributed by atoms with Gasteiger partial charge in [0, 0.05) is 20.9 Å². The van der Waals surface area contributed by atoms with Crippen molar-refractivity contribution < 1.29 is 8.78 Å². The lowest BCUT2D eigenvalue weighted by molar-refractivity contribution is 0.316. The Morgan fingerprint density at radius 3 is 2.26 bits per heavy atom. The van der Waals surface area contributed by atoms with E-state index in [-0.39, 0.29) is 0 Å². The summed E-state index contributed by atoms with van der Waals surface area (Å²) in [5.74, 6) is -0.733. The summed E-state index contributed by atoms with van der Waals surface area (Å²) in [6.45, 7) is 2.13. The molecule has 27 heavy (non-hydrogen) atoms. The average Bonchev–Trinajstić information content (AvgIpc) is 3.10. The standard InChI is InChI=1S/C24H24F2S/c1-2-4-16-7-9-18(10-8-16)20-12-13-21(24(26)23(20)25)22-14-11-19(27-22)15-17-5-3-6-17/h7-14,17H,2-6,15H2,1H3. The van der Waals surface area contributed by atoms with Gasteiger partial charge in [-0.25, -0.2) is 8.78 Å². The van der Waals surface area contributed by atoms with E-state index in [1.807, 2.05) is 30.3 Å². The van der Waals surface area contributed by atoms with Crippen LogP contribution in [0.2, 0.25) is 0 Å². The number of hydrogen-bond donors (Lipinski definition) is 0. The van der Waals surface area contributed by atoms with E-state index in [1.165, 1.54) is 29.7 Å². The monoisotopic (exact) mass is 382 g/mol. The first-order valence-corrected chi connectivity index (χ1v) is 10.6. The largest absolute Gasteiger partial charge is 0.203 e. The van der Waals surface area contributed by atoms with Gasteiger partial charge in [-0.3, -0.25) is 0 Å². The summed E-state index contributed by atoms with van der Waals surface area (Å²) in [7, 11) is 0. The maximum atomic E-state index is 14.8. The van der Waals surface area contributed by atoms with E-state index in [0.717, 1.165) is 35.6 Å². The molecule has 0 atom stereocenters. The predicted molar refractivity (Wildman–Crippen MR) is 110 cm³/mol. The summed E-state index contributed by atoms with van der Waals surface area (Å²) < 4.78 is 29.6. The number of halogens is 2. The van der Waals surface area contributed by atoms with Crippen molar-refractivity contribution in [1.82, 2.24) is 0 Å². The van der Waals surface area contributed by atoms with Gasteiger partial charge in [0.15, 0.2) is 11.6 Å². The molecule has 0 spiro atoms. The smallest absolute Gasteiger partial charge is 0.168 e. The second-order valence-corrected chi connectivity index (χ2v) is 8.67. The van der Waals surface area contributed by atoms with Crippen molar-refractivity contribution in [2.45, 2.75) is 45.4 Å². The Bertz CT molecular complexity index is 920. The number of aryl methyl sites for hydroxylation is 1. The van der Waals surface area contributed by atoms with E-state index < -0.39 is 11.6 Å². The average molecular weight is 383 g/mol. The van der Waals surface area contributed by atoms with Gasteiger partial charge in [-0.15, -0.1) is 11.3 Å². The van der Waals surface area contributed by atoms with Gasteiger partial charge in [0.1, 0.15) is 0 Å². The van der Waals surface area contributed by atoms with Crippen molar-refractivity contribution in [3.05, 3.63) is 70.6 Å². The molecule has 0 amide bonds. The van der Waals surface area contributed by atoms with Crippen molar-refractivity contribution in [2.75, 3.05) is 0 Å². The van der Waals surface area contributed by atoms with Gasteiger partial charge >= 0.3 is 0 Å². The van der Waals surface area contributed by atoms with Crippen LogP contribution < -0.4 is 0 Å². The number of rotatable bonds is 6. The summed E-state index contributed by atoms with van der Waals surface area (Å²) in [6.07, 6.45) is 7.04. The zero-order valence-corrected chi connectivity index (χ0v) is 16.4. The zero-order valence-electron chi connectivity index (χ0n) is 15.6. The van der Waals surface area contributed by atoms with Crippen LogP contribution in [0.3, 0.4) is 0 Å². The number of thiophene rings is 1. The SMILES string of the molecule is CCCc1ccc(-c2ccc(-c3ccc(CC4CCC4)s3)c(F)c2F)cc1. The summed E-state index contributed by atoms with van der Waals surface area (Å²) in [4.78, 5) is 2.08. The minimum absolute atomic E-state index is 0.325. The minimum Gasteiger partial charge on any atom is -0.203 e. The maximum absolute atomic E-state index is 14.8. The third-order valence-corrected chi connectivity index (χ3v) is 6.67. The van der Waals surface area contributed by atoms with Crippen molar-refractivity contribution in [3.8, 4) is 21.6 Å². The zero-order chi connectivity index (χ0) is 18.8. The van der Waals surface area contributed by atoms with E-state index >= 15 is 0 Å². The molecule has 3 aromatic rings. The van der Waals surface area contributed by atoms with Crippen LogP contribution in [0.1, 0.15) is 43.0 Å². The first kappa shape index (κ1) is 18.4. The second kappa shape index (κ2) is 7.93. The highest BCUT2D eigenvalue weighted by molar-refractivity contribution is 7.15. The number of hydrogen-bond acceptors (Lipinski definition) is 1. The Kier molecular flexibility index (Phi) is 5.40. The molecule has 140 valence electrons. The highest BCUT2D eigenvalue weighted by Gasteiger charge is 2.20. The molecule has 0 bridgehead atoms. The molecule has 1 aliphatic rings. The molecule has 1 aromatic heterocycles. The van der Waals surface area contributed by atoms with Crippen LogP contribution in [0, 0.1) is 17.6 Å². The molecular formula is C24H24F2S. The Hall–Kier alpha value is -2.00. The lowest BCUT2D eigenvalue weighted by Gasteiger charge is -2.24. The van der Waals surface area contributed by atoms with Crippen molar-refractivity contribution in [1.29, 1.82) is 0 Å². The van der Waals surface area contributed by atoms with E-state index in [4.69, 9.17) is 0 Å². The van der Waals surface area contributed by atoms with E-state index in [1.54, 1.807) is 23.5 Å². The van der Waals surface area contributed by atoms with Gasteiger partial charge in [0.2, 0.25) is 0 Å². The van der Waals surface area contributed by atoms with Crippen LogP contribution in [0.25, 0.3) is 21.6 Å². The van der Waals surface area contributed by atoms with Gasteiger partial charge in [-0.05, 0) is 48.1 Å². The van der Waals surface area contributed by atoms with Crippen LogP contribution >= 0.6 is 11.3 Å². The van der Waals surface area contributed by atoms with Crippen LogP contribution in [0.15, 0.2) is 48.5 Å². The predicted octanol–water partition coefficient (Wildman–Crippen LogP) is 7.66. The normalized spacial score (nSPS) is 14.3. The quantitative estimate of drug-likeness (QED) is 0.410. The van der Waals surface area contributed by atoms with Gasteiger partial charge in [-0.2, -0.15) is 0 Å². The van der Waals surface area contributed by atoms with Gasteiger partial charge in [0.05, 0.1) is 0 Å². The van der Waals surface area contributed by atoms with Gasteiger partial charge in [-0.1, -0.05) is 62.9 Å². The summed E-state index contributed by atoms with van der Waals surface area (Å²) in [5.41, 5.74) is 2.63. The molecule has 0 radical (unpaired) electrons. The fraction of sp³-hybridized carbons (Fsp3) is 0.333. The molecule has 0 aliphatic heterocycles. The summed E-state index contributed by atoms with van der Waals surface area (Å²) in [6, 6.07) is 15.2. The van der Waals surface area contributed by atoms with Gasteiger partial charge in [0.25, 0.3) is 0 Å². The molecule has 0 unspecified atom stereocenters. The van der Waals surface area contributed by atoms with Crippen molar-refractivity contribution in [2.24, 2.45) is 5.92 Å². The molecule has 1 fully saturated rings. The Morgan fingerprint density at radius 1 is 0.889 bits per heavy atom. The first-order chi connectivity index (χ1) is 13.2. The Balaban J connectivity index is 1.60. The molecule has 3 heteroatoms. The molecule has 0 N–H and O–H groups in total. The maximum Gasteiger partial charge on any atom is 0.168 e. The fourth-order valence-electron chi connectivity index (χ4n) is 3.72. The number of benzene rings is 2. The van der Waals surface area contributed by atoms with E-state index in [9.17, 15) is 8.78 Å². The first-order valence-electron chi connectivity index (χ1n) is 9.82. The van der Waals surface area contributed by atoms with Crippen LogP contribution in [-0.4, -0.2) is 0 Å². The molecule has 4 rings (SSSR count). The highest BCUT2D eigenvalue weighted by Crippen LogP contribution is 2.37. The van der Waals surface area contributed by atoms with Gasteiger partial charge < -0.3 is 0 Å². The molecule has 2 aromatic carbocycles. The van der Waals surface area contributed by atoms with Crippen LogP contribution in [-0.2, 0) is 12.8 Å². The van der Waals surface area contributed by atoms with Crippen molar-refractivity contribution >= 4 is 11.3 Å². The lowest BCUT2D eigenvalue weighted by Crippen LogP contribution is -2.12. The molecular weight excluding hydrogens is 358 g/mol. The lowest BCUT2D eigenvalue weighted by atomic mass is 9.83. The van der Waals surface area contributed by atoms with E-state index in [2.05, 4.69) is 13.0 Å². The molecule has 1 heterocycles. The molecule has 0 saturated heterocycles. The van der Waals surface area contributed by atoms with E-state index in [0.29, 0.717) is 11.1 Å². The molecule has 1 saturated carbocycles. The highest BCUT2D eigenvalue weighted by atomic mass is 32.1. The Morgan fingerprint density at radius 2 is 1.59 bits per heavy atom. The summed E-state index contributed by atoms with van der Waals surface area (Å²) >= 11 is 1.59. The second-order valence-electron chi connectivity index (χ2n) is 7.50. The molecule has 0 nitrogen and oxygen atoms in total. The van der Waals surface area contributed by atoms with Crippen LogP contribution in [0.5, 0.6) is 0 Å². The van der Waals surface area contributed by atoms with Crippen molar-refractivity contribution in [3.63, 3.8) is 0 Å². The Labute approximate surface area is 163 Å². The third kappa shape index (κ3) is 3.84.